The van der Waals surface area contributed by atoms with Crippen molar-refractivity contribution < 1.29 is 0 Å². The van der Waals surface area contributed by atoms with Gasteiger partial charge in [0.2, 0.25) is 0 Å². The van der Waals surface area contributed by atoms with Crippen LogP contribution in [0.25, 0.3) is 0 Å². The summed E-state index contributed by atoms with van der Waals surface area (Å²) in [6.07, 6.45) is 3.72. The second kappa shape index (κ2) is 12.2. The van der Waals surface area contributed by atoms with Gasteiger partial charge in [0.05, 0.1) is 0 Å². The minimum absolute atomic E-state index is 0.930. The van der Waals surface area contributed by atoms with Gasteiger partial charge in [-0.2, -0.15) is 0 Å². The molecule has 40 heavy (non-hydrogen) atoms. The second-order valence-corrected chi connectivity index (χ2v) is 34.3. The van der Waals surface area contributed by atoms with Gasteiger partial charge >= 0.3 is 0 Å². The molecule has 0 fully saturated rings. The van der Waals surface area contributed by atoms with Crippen LogP contribution in [0.1, 0.15) is 44.5 Å². The highest BCUT2D eigenvalue weighted by molar-refractivity contribution is 6.85. The van der Waals surface area contributed by atoms with Crippen molar-refractivity contribution in [2.45, 2.75) is 104 Å². The lowest BCUT2D eigenvalue weighted by Gasteiger charge is -2.18. The van der Waals surface area contributed by atoms with Gasteiger partial charge in [0, 0.05) is 22.3 Å². The summed E-state index contributed by atoms with van der Waals surface area (Å²) in [5.41, 5.74) is 24.6. The normalized spacial score (nSPS) is 13.3. The molecule has 0 aliphatic heterocycles. The van der Waals surface area contributed by atoms with Gasteiger partial charge in [-0.15, -0.1) is 22.2 Å². The van der Waals surface area contributed by atoms with Crippen LogP contribution < -0.4 is 0 Å². The molecule has 0 heterocycles. The molecular weight excluding hydrogens is 545 g/mol. The predicted molar refractivity (Wildman–Crippen MR) is 189 cm³/mol. The quantitative estimate of drug-likeness (QED) is 0.213. The van der Waals surface area contributed by atoms with E-state index in [1.54, 1.807) is 0 Å². The van der Waals surface area contributed by atoms with Crippen LogP contribution in [0.4, 0.5) is 0 Å². The molecule has 4 bridgehead atoms. The predicted octanol–water partition coefficient (Wildman–Crippen LogP) is 8.49. The third-order valence-electron chi connectivity index (χ3n) is 6.27. The highest BCUT2D eigenvalue weighted by atomic mass is 28.3. The highest BCUT2D eigenvalue weighted by Gasteiger charge is 2.17. The maximum Gasteiger partial charge on any atom is 0.129 e. The fraction of sp³-hybridized carbons (Fsp3) is 0.444. The Morgan fingerprint density at radius 2 is 0.525 bits per heavy atom. The molecule has 0 atom stereocenters. The first-order chi connectivity index (χ1) is 18.3. The number of hydrogen-bond donors (Lipinski definition) is 0. The lowest BCUT2D eigenvalue weighted by molar-refractivity contribution is 0.910. The van der Waals surface area contributed by atoms with Gasteiger partial charge in [0.15, 0.2) is 0 Å². The average molecular weight is 593 g/mol. The van der Waals surface area contributed by atoms with Gasteiger partial charge in [0.25, 0.3) is 0 Å². The minimum Gasteiger partial charge on any atom is -0.127 e. The van der Waals surface area contributed by atoms with Crippen molar-refractivity contribution in [2.24, 2.45) is 0 Å². The Hall–Kier alpha value is -2.45. The molecule has 0 saturated heterocycles. The van der Waals surface area contributed by atoms with Crippen molar-refractivity contribution in [1.29, 1.82) is 0 Å². The van der Waals surface area contributed by atoms with Gasteiger partial charge in [-0.25, -0.2) is 0 Å². The number of rotatable bonds is 0. The monoisotopic (exact) mass is 592 g/mol. The second-order valence-electron chi connectivity index (χ2n) is 15.3. The summed E-state index contributed by atoms with van der Waals surface area (Å²) in [5, 5.41) is 0. The summed E-state index contributed by atoms with van der Waals surface area (Å²) >= 11 is 0. The molecule has 2 aromatic carbocycles. The standard InChI is InChI=1S/C36H48Si4/c1-37(2,3)21-17-33-25-30-15-16-32-28-35(19-23-39(7,8)9)31(27-36(32)20-24-40(10,11)12)14-13-29(33)26-34(30)18-22-38(4,5)6/h25-28H,13-16H2,1-12H3. The summed E-state index contributed by atoms with van der Waals surface area (Å²) in [4.78, 5) is 0. The first kappa shape index (κ1) is 32.1. The van der Waals surface area contributed by atoms with E-state index in [0.29, 0.717) is 0 Å². The van der Waals surface area contributed by atoms with E-state index in [2.05, 4.69) is 149 Å². The van der Waals surface area contributed by atoms with Crippen molar-refractivity contribution >= 4 is 32.3 Å². The van der Waals surface area contributed by atoms with Crippen molar-refractivity contribution in [1.82, 2.24) is 0 Å². The summed E-state index contributed by atoms with van der Waals surface area (Å²) < 4.78 is 0. The summed E-state index contributed by atoms with van der Waals surface area (Å²) in [7, 11) is -6.02. The van der Waals surface area contributed by atoms with E-state index < -0.39 is 32.3 Å². The molecule has 4 aliphatic carbocycles. The van der Waals surface area contributed by atoms with Crippen LogP contribution in [-0.4, -0.2) is 32.3 Å². The van der Waals surface area contributed by atoms with E-state index in [1.807, 2.05) is 0 Å². The van der Waals surface area contributed by atoms with Gasteiger partial charge in [-0.3, -0.25) is 0 Å². The Morgan fingerprint density at radius 3 is 0.675 bits per heavy atom. The Labute approximate surface area is 250 Å². The molecule has 208 valence electrons. The third kappa shape index (κ3) is 10.5. The molecule has 0 nitrogen and oxygen atoms in total. The Balaban J connectivity index is 2.27. The van der Waals surface area contributed by atoms with Gasteiger partial charge in [-0.1, -0.05) is 102 Å². The zero-order valence-corrected chi connectivity index (χ0v) is 31.1. The van der Waals surface area contributed by atoms with E-state index in [1.165, 1.54) is 44.5 Å². The van der Waals surface area contributed by atoms with Crippen molar-refractivity contribution in [3.05, 3.63) is 68.8 Å². The maximum absolute atomic E-state index is 3.64. The fourth-order valence-corrected chi connectivity index (χ4v) is 6.27. The lowest BCUT2D eigenvalue weighted by atomic mass is 9.87. The van der Waals surface area contributed by atoms with Gasteiger partial charge < -0.3 is 0 Å². The minimum atomic E-state index is -1.50. The van der Waals surface area contributed by atoms with Crippen molar-refractivity contribution in [3.8, 4) is 45.9 Å². The smallest absolute Gasteiger partial charge is 0.127 e. The molecule has 0 saturated carbocycles. The molecule has 0 radical (unpaired) electrons. The summed E-state index contributed by atoms with van der Waals surface area (Å²) in [6.45, 7) is 27.8. The van der Waals surface area contributed by atoms with Crippen molar-refractivity contribution in [3.63, 3.8) is 0 Å². The highest BCUT2D eigenvalue weighted by Crippen LogP contribution is 2.26. The molecular formula is C36H48Si4. The van der Waals surface area contributed by atoms with Crippen LogP contribution in [0.15, 0.2) is 24.3 Å². The Morgan fingerprint density at radius 1 is 0.350 bits per heavy atom. The van der Waals surface area contributed by atoms with E-state index in [9.17, 15) is 0 Å². The zero-order chi connectivity index (χ0) is 29.9. The van der Waals surface area contributed by atoms with E-state index >= 15 is 0 Å². The molecule has 0 unspecified atom stereocenters. The van der Waals surface area contributed by atoms with Gasteiger partial charge in [0.1, 0.15) is 32.3 Å². The van der Waals surface area contributed by atoms with Crippen LogP contribution in [0.2, 0.25) is 78.6 Å². The molecule has 4 heteroatoms. The van der Waals surface area contributed by atoms with Crippen LogP contribution in [0.3, 0.4) is 0 Å². The number of benzene rings is 2. The molecule has 0 aromatic heterocycles. The largest absolute Gasteiger partial charge is 0.129 e. The first-order valence-corrected chi connectivity index (χ1v) is 28.7. The number of hydrogen-bond acceptors (Lipinski definition) is 0. The number of aryl methyl sites for hydroxylation is 4. The molecule has 2 aromatic rings. The van der Waals surface area contributed by atoms with E-state index in [0.717, 1.165) is 25.7 Å². The van der Waals surface area contributed by atoms with Crippen LogP contribution in [-0.2, 0) is 25.7 Å². The van der Waals surface area contributed by atoms with E-state index in [-0.39, 0.29) is 0 Å². The third-order valence-corrected chi connectivity index (χ3v) is 9.77. The van der Waals surface area contributed by atoms with Crippen molar-refractivity contribution in [2.75, 3.05) is 0 Å². The Bertz CT molecular complexity index is 1290. The SMILES string of the molecule is C[Si](C)(C)C#Cc1cc2c(C#C[Si](C)(C)C)cc1CCc1cc(C#C[Si](C)(C)C)c(cc1C#C[Si](C)(C)C)CC2. The molecule has 6 rings (SSSR count). The topological polar surface area (TPSA) is 0 Å². The van der Waals surface area contributed by atoms with Crippen LogP contribution >= 0.6 is 0 Å². The fourth-order valence-electron chi connectivity index (χ4n) is 4.23. The van der Waals surface area contributed by atoms with Gasteiger partial charge in [-0.05, 0) is 72.2 Å². The molecule has 0 amide bonds. The van der Waals surface area contributed by atoms with Crippen LogP contribution in [0, 0.1) is 45.9 Å². The zero-order valence-electron chi connectivity index (χ0n) is 27.1. The summed E-state index contributed by atoms with van der Waals surface area (Å²) in [5.74, 6) is 14.5. The first-order valence-electron chi connectivity index (χ1n) is 14.7. The Kier molecular flexibility index (Phi) is 9.77. The maximum atomic E-state index is 3.64. The van der Waals surface area contributed by atoms with Crippen LogP contribution in [0.5, 0.6) is 0 Å². The average Bonchev–Trinajstić information content (AvgIpc) is 2.78. The molecule has 0 spiro atoms. The summed E-state index contributed by atoms with van der Waals surface area (Å²) in [6, 6.07) is 9.46. The van der Waals surface area contributed by atoms with E-state index in [4.69, 9.17) is 0 Å². The molecule has 4 aliphatic rings. The molecule has 0 N–H and O–H groups in total. The lowest BCUT2D eigenvalue weighted by Crippen LogP contribution is -2.17.